The largest absolute Gasteiger partial charge is 0.350 e. The zero-order chi connectivity index (χ0) is 14.5. The normalized spacial score (nSPS) is 10.3. The lowest BCUT2D eigenvalue weighted by Gasteiger charge is -2.08. The van der Waals surface area contributed by atoms with E-state index in [2.05, 4.69) is 10.3 Å². The first-order valence-corrected chi connectivity index (χ1v) is 6.45. The monoisotopic (exact) mass is 271 g/mol. The van der Waals surface area contributed by atoms with Crippen molar-refractivity contribution in [2.45, 2.75) is 20.4 Å². The number of carbonyl (C=O) groups excluding carboxylic acids is 1. The number of amides is 1. The molecule has 5 nitrogen and oxygen atoms in total. The third kappa shape index (κ3) is 3.32. The summed E-state index contributed by atoms with van der Waals surface area (Å²) >= 11 is 0. The zero-order valence-corrected chi connectivity index (χ0v) is 11.6. The van der Waals surface area contributed by atoms with Crippen LogP contribution in [0.1, 0.15) is 21.5 Å². The standard InChI is InChI=1S/C15H17N3O2/c1-11-4-5-13(10-12(11)2)14(19)16-7-9-18-8-3-6-17-15(18)20/h3-6,8,10H,7,9H2,1-2H3,(H,16,19). The third-order valence-corrected chi connectivity index (χ3v) is 3.19. The first-order chi connectivity index (χ1) is 9.58. The van der Waals surface area contributed by atoms with Crippen molar-refractivity contribution in [3.8, 4) is 0 Å². The highest BCUT2D eigenvalue weighted by Crippen LogP contribution is 2.09. The van der Waals surface area contributed by atoms with Gasteiger partial charge in [0, 0.05) is 31.0 Å². The summed E-state index contributed by atoms with van der Waals surface area (Å²) in [5, 5.41) is 2.79. The Morgan fingerprint density at radius 1 is 1.30 bits per heavy atom. The summed E-state index contributed by atoms with van der Waals surface area (Å²) in [5.74, 6) is -0.134. The lowest BCUT2D eigenvalue weighted by molar-refractivity contribution is 0.0952. The average molecular weight is 271 g/mol. The van der Waals surface area contributed by atoms with Crippen LogP contribution in [0.2, 0.25) is 0 Å². The summed E-state index contributed by atoms with van der Waals surface area (Å²) in [7, 11) is 0. The topological polar surface area (TPSA) is 64.0 Å². The Morgan fingerprint density at radius 2 is 2.10 bits per heavy atom. The Balaban J connectivity index is 1.94. The van der Waals surface area contributed by atoms with Gasteiger partial charge in [-0.2, -0.15) is 0 Å². The number of aromatic nitrogens is 2. The summed E-state index contributed by atoms with van der Waals surface area (Å²) in [6.45, 7) is 4.77. The molecule has 0 aliphatic carbocycles. The molecule has 0 bridgehead atoms. The van der Waals surface area contributed by atoms with Crippen LogP contribution in [0.3, 0.4) is 0 Å². The first-order valence-electron chi connectivity index (χ1n) is 6.45. The molecule has 0 saturated carbocycles. The molecule has 1 aromatic carbocycles. The molecule has 20 heavy (non-hydrogen) atoms. The maximum Gasteiger partial charge on any atom is 0.347 e. The number of nitrogens with zero attached hydrogens (tertiary/aromatic N) is 2. The highest BCUT2D eigenvalue weighted by atomic mass is 16.2. The average Bonchev–Trinajstić information content (AvgIpc) is 2.44. The molecule has 5 heteroatoms. The van der Waals surface area contributed by atoms with Crippen LogP contribution in [0.15, 0.2) is 41.5 Å². The second-order valence-electron chi connectivity index (χ2n) is 4.65. The number of hydrogen-bond donors (Lipinski definition) is 1. The van der Waals surface area contributed by atoms with Gasteiger partial charge < -0.3 is 5.32 Å². The van der Waals surface area contributed by atoms with Gasteiger partial charge in [0.05, 0.1) is 0 Å². The van der Waals surface area contributed by atoms with Crippen LogP contribution in [0.25, 0.3) is 0 Å². The second-order valence-corrected chi connectivity index (χ2v) is 4.65. The SMILES string of the molecule is Cc1ccc(C(=O)NCCn2cccnc2=O)cc1C. The van der Waals surface area contributed by atoms with Crippen LogP contribution >= 0.6 is 0 Å². The molecular weight excluding hydrogens is 254 g/mol. The fourth-order valence-electron chi connectivity index (χ4n) is 1.83. The number of nitrogens with one attached hydrogen (secondary N) is 1. The van der Waals surface area contributed by atoms with Gasteiger partial charge in [-0.05, 0) is 43.2 Å². The van der Waals surface area contributed by atoms with Gasteiger partial charge in [0.1, 0.15) is 0 Å². The number of carbonyl (C=O) groups is 1. The fraction of sp³-hybridized carbons (Fsp3) is 0.267. The highest BCUT2D eigenvalue weighted by molar-refractivity contribution is 5.94. The molecule has 1 aromatic heterocycles. The van der Waals surface area contributed by atoms with Gasteiger partial charge in [-0.25, -0.2) is 9.78 Å². The minimum absolute atomic E-state index is 0.134. The van der Waals surface area contributed by atoms with Crippen LogP contribution < -0.4 is 11.0 Å². The molecule has 1 N–H and O–H groups in total. The summed E-state index contributed by atoms with van der Waals surface area (Å²) in [6, 6.07) is 7.28. The van der Waals surface area contributed by atoms with Crippen molar-refractivity contribution in [3.63, 3.8) is 0 Å². The number of benzene rings is 1. The van der Waals surface area contributed by atoms with Crippen LogP contribution in [-0.4, -0.2) is 22.0 Å². The van der Waals surface area contributed by atoms with Crippen molar-refractivity contribution >= 4 is 5.91 Å². The summed E-state index contributed by atoms with van der Waals surface area (Å²) in [6.07, 6.45) is 3.10. The van der Waals surface area contributed by atoms with E-state index >= 15 is 0 Å². The third-order valence-electron chi connectivity index (χ3n) is 3.19. The van der Waals surface area contributed by atoms with Gasteiger partial charge in [0.15, 0.2) is 0 Å². The van der Waals surface area contributed by atoms with E-state index in [-0.39, 0.29) is 11.6 Å². The van der Waals surface area contributed by atoms with Crippen molar-refractivity contribution in [1.82, 2.24) is 14.9 Å². The Hall–Kier alpha value is -2.43. The highest BCUT2D eigenvalue weighted by Gasteiger charge is 2.06. The first kappa shape index (κ1) is 14.0. The second kappa shape index (κ2) is 6.14. The molecule has 1 heterocycles. The van der Waals surface area contributed by atoms with Crippen LogP contribution in [0.4, 0.5) is 0 Å². The van der Waals surface area contributed by atoms with Gasteiger partial charge in [-0.15, -0.1) is 0 Å². The molecule has 0 aliphatic heterocycles. The summed E-state index contributed by atoms with van der Waals surface area (Å²) < 4.78 is 1.46. The molecule has 1 amide bonds. The molecule has 0 spiro atoms. The van der Waals surface area contributed by atoms with E-state index in [1.165, 1.54) is 10.8 Å². The van der Waals surface area contributed by atoms with Crippen LogP contribution in [-0.2, 0) is 6.54 Å². The summed E-state index contributed by atoms with van der Waals surface area (Å²) in [4.78, 5) is 27.0. The van der Waals surface area contributed by atoms with Gasteiger partial charge in [-0.3, -0.25) is 9.36 Å². The molecule has 0 aliphatic rings. The van der Waals surface area contributed by atoms with E-state index < -0.39 is 0 Å². The molecule has 0 unspecified atom stereocenters. The molecule has 2 rings (SSSR count). The molecular formula is C15H17N3O2. The molecule has 2 aromatic rings. The van der Waals surface area contributed by atoms with Gasteiger partial charge >= 0.3 is 5.69 Å². The minimum Gasteiger partial charge on any atom is -0.350 e. The van der Waals surface area contributed by atoms with E-state index in [0.29, 0.717) is 18.7 Å². The lowest BCUT2D eigenvalue weighted by atomic mass is 10.1. The van der Waals surface area contributed by atoms with Crippen molar-refractivity contribution in [3.05, 3.63) is 63.8 Å². The molecule has 0 fully saturated rings. The van der Waals surface area contributed by atoms with E-state index in [0.717, 1.165) is 11.1 Å². The van der Waals surface area contributed by atoms with Crippen LogP contribution in [0, 0.1) is 13.8 Å². The van der Waals surface area contributed by atoms with E-state index in [1.807, 2.05) is 26.0 Å². The molecule has 0 saturated heterocycles. The summed E-state index contributed by atoms with van der Waals surface area (Å²) in [5.41, 5.74) is 2.56. The van der Waals surface area contributed by atoms with Crippen LogP contribution in [0.5, 0.6) is 0 Å². The predicted octanol–water partition coefficient (Wildman–Crippen LogP) is 1.29. The van der Waals surface area contributed by atoms with E-state index in [1.54, 1.807) is 18.3 Å². The van der Waals surface area contributed by atoms with Gasteiger partial charge in [-0.1, -0.05) is 6.07 Å². The smallest absolute Gasteiger partial charge is 0.347 e. The Labute approximate surface area is 117 Å². The Morgan fingerprint density at radius 3 is 2.80 bits per heavy atom. The predicted molar refractivity (Wildman–Crippen MR) is 76.7 cm³/mol. The van der Waals surface area contributed by atoms with Crippen molar-refractivity contribution in [1.29, 1.82) is 0 Å². The number of hydrogen-bond acceptors (Lipinski definition) is 3. The van der Waals surface area contributed by atoms with Crippen molar-refractivity contribution in [2.24, 2.45) is 0 Å². The fourth-order valence-corrected chi connectivity index (χ4v) is 1.83. The zero-order valence-electron chi connectivity index (χ0n) is 11.6. The van der Waals surface area contributed by atoms with E-state index in [9.17, 15) is 9.59 Å². The number of aryl methyl sites for hydroxylation is 2. The quantitative estimate of drug-likeness (QED) is 0.911. The maximum atomic E-state index is 12.0. The van der Waals surface area contributed by atoms with E-state index in [4.69, 9.17) is 0 Å². The van der Waals surface area contributed by atoms with Gasteiger partial charge in [0.2, 0.25) is 0 Å². The van der Waals surface area contributed by atoms with Crippen molar-refractivity contribution < 1.29 is 4.79 Å². The van der Waals surface area contributed by atoms with Gasteiger partial charge in [0.25, 0.3) is 5.91 Å². The molecule has 0 radical (unpaired) electrons. The Bertz CT molecular complexity index is 677. The minimum atomic E-state index is -0.312. The molecule has 104 valence electrons. The molecule has 0 atom stereocenters. The maximum absolute atomic E-state index is 12.0. The van der Waals surface area contributed by atoms with Crippen molar-refractivity contribution in [2.75, 3.05) is 6.54 Å². The lowest BCUT2D eigenvalue weighted by Crippen LogP contribution is -2.31. The Kier molecular flexibility index (Phi) is 4.30. The number of rotatable bonds is 4.